The van der Waals surface area contributed by atoms with Crippen molar-refractivity contribution < 1.29 is 27.8 Å². The van der Waals surface area contributed by atoms with E-state index in [9.17, 15) is 18.3 Å². The molecule has 4 atom stereocenters. The van der Waals surface area contributed by atoms with Gasteiger partial charge in [-0.25, -0.2) is 0 Å². The van der Waals surface area contributed by atoms with Crippen LogP contribution in [-0.4, -0.2) is 72.0 Å². The molecule has 0 aromatic heterocycles. The van der Waals surface area contributed by atoms with Gasteiger partial charge in [0.1, 0.15) is 12.3 Å². The van der Waals surface area contributed by atoms with Gasteiger partial charge in [0.15, 0.2) is 0 Å². The third kappa shape index (κ3) is 6.09. The highest BCUT2D eigenvalue weighted by molar-refractivity contribution is 5.13. The summed E-state index contributed by atoms with van der Waals surface area (Å²) < 4.78 is 48.4. The van der Waals surface area contributed by atoms with Crippen molar-refractivity contribution in [2.45, 2.75) is 89.6 Å². The highest BCUT2D eigenvalue weighted by Crippen LogP contribution is 2.33. The van der Waals surface area contributed by atoms with Gasteiger partial charge in [-0.1, -0.05) is 19.3 Å². The van der Waals surface area contributed by atoms with Crippen molar-refractivity contribution in [3.8, 4) is 0 Å². The summed E-state index contributed by atoms with van der Waals surface area (Å²) in [6.07, 6.45) is 1.78. The van der Waals surface area contributed by atoms with Crippen molar-refractivity contribution in [3.05, 3.63) is 11.8 Å². The number of piperazine rings is 1. The molecule has 0 aromatic rings. The predicted molar refractivity (Wildman–Crippen MR) is 104 cm³/mol. The number of alkyl halides is 3. The van der Waals surface area contributed by atoms with Crippen molar-refractivity contribution in [2.75, 3.05) is 26.2 Å². The second-order valence-electron chi connectivity index (χ2n) is 8.56. The van der Waals surface area contributed by atoms with Crippen LogP contribution in [0.5, 0.6) is 0 Å². The summed E-state index contributed by atoms with van der Waals surface area (Å²) >= 11 is 0. The number of nitrogens with zero attached hydrogens (tertiary/aromatic N) is 2. The molecule has 2 aliphatic carbocycles. The van der Waals surface area contributed by atoms with Gasteiger partial charge < -0.3 is 14.7 Å². The Balaban J connectivity index is 1.62. The van der Waals surface area contributed by atoms with E-state index in [1.807, 2.05) is 0 Å². The first-order chi connectivity index (χ1) is 13.8. The van der Waals surface area contributed by atoms with E-state index in [4.69, 9.17) is 4.74 Å². The Labute approximate surface area is 171 Å². The van der Waals surface area contributed by atoms with Gasteiger partial charge in [0.25, 0.3) is 0 Å². The average molecular weight is 421 g/mol. The summed E-state index contributed by atoms with van der Waals surface area (Å²) in [5.74, 6) is 0.336. The zero-order valence-corrected chi connectivity index (χ0v) is 17.5. The highest BCUT2D eigenvalue weighted by atomic mass is 19.4. The summed E-state index contributed by atoms with van der Waals surface area (Å²) in [6.45, 7) is 6.36. The molecule has 29 heavy (non-hydrogen) atoms. The molecule has 1 heterocycles. The van der Waals surface area contributed by atoms with Crippen LogP contribution in [0.15, 0.2) is 11.8 Å². The van der Waals surface area contributed by atoms with Crippen molar-refractivity contribution >= 4 is 0 Å². The molecule has 0 amide bonds. The third-order valence-electron chi connectivity index (χ3n) is 6.55. The first kappa shape index (κ1) is 22.8. The van der Waals surface area contributed by atoms with Gasteiger partial charge in [0.05, 0.1) is 6.10 Å². The molecule has 2 fully saturated rings. The van der Waals surface area contributed by atoms with Crippen molar-refractivity contribution in [2.24, 2.45) is 5.92 Å². The molecule has 1 aliphatic heterocycles. The van der Waals surface area contributed by atoms with E-state index in [1.54, 1.807) is 13.0 Å². The van der Waals surface area contributed by atoms with Crippen molar-refractivity contribution in [1.82, 2.24) is 9.80 Å². The zero-order chi connectivity index (χ0) is 21.0. The number of halogens is 3. The van der Waals surface area contributed by atoms with Gasteiger partial charge in [0, 0.05) is 38.0 Å². The maximum Gasteiger partial charge on any atom is 0.523 e. The molecule has 5 nitrogen and oxygen atoms in total. The van der Waals surface area contributed by atoms with Crippen LogP contribution in [0.1, 0.15) is 58.8 Å². The Kier molecular flexibility index (Phi) is 7.87. The van der Waals surface area contributed by atoms with Crippen LogP contribution in [0, 0.1) is 5.92 Å². The van der Waals surface area contributed by atoms with E-state index in [0.29, 0.717) is 38.5 Å². The minimum Gasteiger partial charge on any atom is -0.378 e. The largest absolute Gasteiger partial charge is 0.523 e. The van der Waals surface area contributed by atoms with Gasteiger partial charge in [-0.05, 0) is 51.5 Å². The lowest BCUT2D eigenvalue weighted by molar-refractivity contribution is -0.346. The molecular weight excluding hydrogens is 385 g/mol. The molecule has 1 N–H and O–H groups in total. The molecule has 3 unspecified atom stereocenters. The van der Waals surface area contributed by atoms with Crippen LogP contribution >= 0.6 is 0 Å². The van der Waals surface area contributed by atoms with E-state index in [-0.39, 0.29) is 6.04 Å². The van der Waals surface area contributed by atoms with E-state index in [1.165, 1.54) is 19.3 Å². The lowest BCUT2D eigenvalue weighted by Crippen LogP contribution is -2.57. The van der Waals surface area contributed by atoms with Gasteiger partial charge in [0.2, 0.25) is 0 Å². The van der Waals surface area contributed by atoms with Crippen LogP contribution in [0.4, 0.5) is 13.2 Å². The van der Waals surface area contributed by atoms with Gasteiger partial charge in [-0.15, -0.1) is 13.2 Å². The Morgan fingerprint density at radius 2 is 1.90 bits per heavy atom. The fourth-order valence-electron chi connectivity index (χ4n) is 5.08. The number of aliphatic hydroxyl groups is 1. The predicted octanol–water partition coefficient (Wildman–Crippen LogP) is 3.88. The van der Waals surface area contributed by atoms with Crippen LogP contribution < -0.4 is 0 Å². The van der Waals surface area contributed by atoms with E-state index >= 15 is 0 Å². The molecule has 8 heteroatoms. The summed E-state index contributed by atoms with van der Waals surface area (Å²) in [6, 6.07) is 0.146. The molecule has 3 aliphatic rings. The lowest BCUT2D eigenvalue weighted by atomic mass is 9.87. The topological polar surface area (TPSA) is 45.2 Å². The standard InChI is InChI=1S/C21H35F3N2O3/c1-3-28-18-10-9-17(13-19(18)29-21(22,23)24)25-11-12-26(15(2)14-25)20(27)16-7-5-4-6-8-16/h13,15-16,18-20,27H,3-12,14H2,1-2H3/t15-,18?,19?,20?/m1/s1. The molecular formula is C21H35F3N2O3. The average Bonchev–Trinajstić information content (AvgIpc) is 2.68. The monoisotopic (exact) mass is 420 g/mol. The van der Waals surface area contributed by atoms with E-state index in [2.05, 4.69) is 21.5 Å². The molecule has 3 rings (SSSR count). The molecule has 0 radical (unpaired) electrons. The second kappa shape index (κ2) is 9.98. The summed E-state index contributed by atoms with van der Waals surface area (Å²) in [7, 11) is 0. The van der Waals surface area contributed by atoms with Crippen LogP contribution in [-0.2, 0) is 9.47 Å². The number of aliphatic hydroxyl groups excluding tert-OH is 1. The summed E-state index contributed by atoms with van der Waals surface area (Å²) in [5.41, 5.74) is 0.897. The number of allylic oxidation sites excluding steroid dienone is 1. The number of ether oxygens (including phenoxy) is 2. The maximum absolute atomic E-state index is 12.8. The maximum atomic E-state index is 12.8. The smallest absolute Gasteiger partial charge is 0.378 e. The fraction of sp³-hybridized carbons (Fsp3) is 0.905. The van der Waals surface area contributed by atoms with Gasteiger partial charge in [-0.3, -0.25) is 9.64 Å². The minimum absolute atomic E-state index is 0.146. The number of hydrogen-bond donors (Lipinski definition) is 1. The molecule has 0 bridgehead atoms. The number of rotatable bonds is 6. The molecule has 1 saturated carbocycles. The first-order valence-electron chi connectivity index (χ1n) is 11.0. The van der Waals surface area contributed by atoms with Crippen LogP contribution in [0.3, 0.4) is 0 Å². The quantitative estimate of drug-likeness (QED) is 0.707. The fourth-order valence-corrected chi connectivity index (χ4v) is 5.08. The molecule has 1 saturated heterocycles. The van der Waals surface area contributed by atoms with E-state index < -0.39 is 24.8 Å². The molecule has 0 aromatic carbocycles. The summed E-state index contributed by atoms with van der Waals surface area (Å²) in [4.78, 5) is 4.33. The lowest BCUT2D eigenvalue weighted by Gasteiger charge is -2.47. The zero-order valence-electron chi connectivity index (χ0n) is 17.5. The molecule has 0 spiro atoms. The highest BCUT2D eigenvalue weighted by Gasteiger charge is 2.40. The Morgan fingerprint density at radius 1 is 1.17 bits per heavy atom. The minimum atomic E-state index is -4.69. The number of hydrogen-bond acceptors (Lipinski definition) is 5. The van der Waals surface area contributed by atoms with E-state index in [0.717, 1.165) is 25.1 Å². The Hall–Kier alpha value is -0.830. The molecule has 168 valence electrons. The normalized spacial score (nSPS) is 31.6. The van der Waals surface area contributed by atoms with Gasteiger partial charge in [-0.2, -0.15) is 0 Å². The second-order valence-corrected chi connectivity index (χ2v) is 8.56. The van der Waals surface area contributed by atoms with Crippen molar-refractivity contribution in [3.63, 3.8) is 0 Å². The Morgan fingerprint density at radius 3 is 2.52 bits per heavy atom. The Bertz CT molecular complexity index is 552. The third-order valence-corrected chi connectivity index (χ3v) is 6.55. The van der Waals surface area contributed by atoms with Crippen molar-refractivity contribution in [1.29, 1.82) is 0 Å². The first-order valence-corrected chi connectivity index (χ1v) is 11.0. The SMILES string of the molecule is CCOC1CCC(N2CCN(C(O)C3CCCCC3)[C@H](C)C2)=CC1OC(F)(F)F. The van der Waals surface area contributed by atoms with Crippen LogP contribution in [0.25, 0.3) is 0 Å². The van der Waals surface area contributed by atoms with Gasteiger partial charge >= 0.3 is 6.36 Å². The summed E-state index contributed by atoms with van der Waals surface area (Å²) in [5, 5.41) is 10.9. The van der Waals surface area contributed by atoms with Crippen LogP contribution in [0.2, 0.25) is 0 Å².